The maximum Gasteiger partial charge on any atom is 0.421 e. The fraction of sp³-hybridized carbons (Fsp3) is 0.778. The lowest BCUT2D eigenvalue weighted by Crippen LogP contribution is -2.44. The molecule has 0 rings (SSSR count). The van der Waals surface area contributed by atoms with Crippen LogP contribution in [0.4, 0.5) is 4.79 Å². The highest BCUT2D eigenvalue weighted by atomic mass is 32.2. The number of amides is 1. The Morgan fingerprint density at radius 2 is 1.89 bits per heavy atom. The van der Waals surface area contributed by atoms with Crippen molar-refractivity contribution in [2.24, 2.45) is 0 Å². The topological polar surface area (TPSA) is 102 Å². The summed E-state index contributed by atoms with van der Waals surface area (Å²) in [4.78, 5) is 22.0. The molecule has 0 aliphatic carbocycles. The largest absolute Gasteiger partial charge is 0.469 e. The number of carbonyl (C=O) groups is 2. The van der Waals surface area contributed by atoms with Crippen LogP contribution in [0.3, 0.4) is 0 Å². The van der Waals surface area contributed by atoms with E-state index in [-0.39, 0.29) is 26.1 Å². The van der Waals surface area contributed by atoms with Gasteiger partial charge in [-0.1, -0.05) is 6.92 Å². The van der Waals surface area contributed by atoms with E-state index >= 15 is 0 Å². The Morgan fingerprint density at radius 3 is 2.33 bits per heavy atom. The highest BCUT2D eigenvalue weighted by Gasteiger charge is 2.23. The van der Waals surface area contributed by atoms with Crippen molar-refractivity contribution in [1.82, 2.24) is 9.03 Å². The van der Waals surface area contributed by atoms with Gasteiger partial charge in [0.1, 0.15) is 0 Å². The van der Waals surface area contributed by atoms with E-state index in [1.807, 2.05) is 0 Å². The van der Waals surface area contributed by atoms with Crippen molar-refractivity contribution < 1.29 is 27.5 Å². The fourth-order valence-corrected chi connectivity index (χ4v) is 2.17. The zero-order valence-electron chi connectivity index (χ0n) is 10.6. The van der Waals surface area contributed by atoms with Crippen LogP contribution in [0.5, 0.6) is 0 Å². The van der Waals surface area contributed by atoms with Gasteiger partial charge in [0.15, 0.2) is 0 Å². The highest BCUT2D eigenvalue weighted by molar-refractivity contribution is 7.87. The molecule has 0 saturated heterocycles. The minimum atomic E-state index is -4.00. The van der Waals surface area contributed by atoms with Crippen molar-refractivity contribution in [2.45, 2.75) is 20.3 Å². The Balaban J connectivity index is 4.52. The van der Waals surface area contributed by atoms with Crippen LogP contribution in [0.15, 0.2) is 0 Å². The molecule has 0 spiro atoms. The highest BCUT2D eigenvalue weighted by Crippen LogP contribution is 2.00. The molecule has 0 bridgehead atoms. The standard InChI is InChI=1S/C9H18N2O6S/c1-4-11(7-6-8(12)16-3)18(14,15)10-9(13)17-5-2/h4-7H2,1-3H3,(H,10,13). The first kappa shape index (κ1) is 16.6. The summed E-state index contributed by atoms with van der Waals surface area (Å²) in [6.45, 7) is 3.25. The van der Waals surface area contributed by atoms with Gasteiger partial charge in [-0.05, 0) is 6.92 Å². The third-order valence-corrected chi connectivity index (χ3v) is 3.52. The van der Waals surface area contributed by atoms with Crippen LogP contribution in [0.2, 0.25) is 0 Å². The molecule has 0 aromatic rings. The molecular formula is C9H18N2O6S. The monoisotopic (exact) mass is 282 g/mol. The van der Waals surface area contributed by atoms with Gasteiger partial charge in [-0.15, -0.1) is 0 Å². The van der Waals surface area contributed by atoms with Gasteiger partial charge in [-0.2, -0.15) is 12.7 Å². The van der Waals surface area contributed by atoms with Crippen LogP contribution in [0.1, 0.15) is 20.3 Å². The summed E-state index contributed by atoms with van der Waals surface area (Å²) in [6, 6.07) is 0. The molecule has 8 nitrogen and oxygen atoms in total. The second-order valence-electron chi connectivity index (χ2n) is 3.15. The van der Waals surface area contributed by atoms with E-state index in [1.165, 1.54) is 7.11 Å². The van der Waals surface area contributed by atoms with Crippen molar-refractivity contribution >= 4 is 22.3 Å². The molecule has 0 saturated carbocycles. The molecule has 0 heterocycles. The number of hydrogen-bond acceptors (Lipinski definition) is 6. The predicted molar refractivity (Wildman–Crippen MR) is 63.0 cm³/mol. The molecule has 0 unspecified atom stereocenters. The van der Waals surface area contributed by atoms with Gasteiger partial charge in [-0.25, -0.2) is 9.52 Å². The third-order valence-electron chi connectivity index (χ3n) is 1.97. The number of methoxy groups -OCH3 is 1. The van der Waals surface area contributed by atoms with E-state index in [1.54, 1.807) is 18.6 Å². The quantitative estimate of drug-likeness (QED) is 0.652. The van der Waals surface area contributed by atoms with Crippen LogP contribution in [-0.2, 0) is 24.5 Å². The summed E-state index contributed by atoms with van der Waals surface area (Å²) < 4.78 is 35.0. The van der Waals surface area contributed by atoms with Crippen molar-refractivity contribution in [3.05, 3.63) is 0 Å². The van der Waals surface area contributed by atoms with E-state index in [4.69, 9.17) is 0 Å². The minimum absolute atomic E-state index is 0.0651. The summed E-state index contributed by atoms with van der Waals surface area (Å²) in [7, 11) is -2.78. The molecule has 1 N–H and O–H groups in total. The number of nitrogens with one attached hydrogen (secondary N) is 1. The average molecular weight is 282 g/mol. The lowest BCUT2D eigenvalue weighted by Gasteiger charge is -2.19. The van der Waals surface area contributed by atoms with E-state index in [9.17, 15) is 18.0 Å². The van der Waals surface area contributed by atoms with Crippen LogP contribution in [0, 0.1) is 0 Å². The molecule has 106 valence electrons. The van der Waals surface area contributed by atoms with Crippen molar-refractivity contribution in [1.29, 1.82) is 0 Å². The van der Waals surface area contributed by atoms with Gasteiger partial charge < -0.3 is 9.47 Å². The van der Waals surface area contributed by atoms with Gasteiger partial charge >= 0.3 is 22.3 Å². The second kappa shape index (κ2) is 7.88. The lowest BCUT2D eigenvalue weighted by molar-refractivity contribution is -0.140. The first-order chi connectivity index (χ1) is 8.37. The van der Waals surface area contributed by atoms with Crippen LogP contribution >= 0.6 is 0 Å². The molecule has 1 amide bonds. The molecule has 18 heavy (non-hydrogen) atoms. The van der Waals surface area contributed by atoms with E-state index in [0.717, 1.165) is 4.31 Å². The molecule has 0 aliphatic heterocycles. The fourth-order valence-electron chi connectivity index (χ4n) is 1.10. The zero-order valence-corrected chi connectivity index (χ0v) is 11.4. The van der Waals surface area contributed by atoms with Crippen molar-refractivity contribution in [3.8, 4) is 0 Å². The number of hydrogen-bond donors (Lipinski definition) is 1. The SMILES string of the molecule is CCOC(=O)NS(=O)(=O)N(CC)CCC(=O)OC. The first-order valence-electron chi connectivity index (χ1n) is 5.38. The zero-order chi connectivity index (χ0) is 14.2. The van der Waals surface area contributed by atoms with E-state index in [0.29, 0.717) is 0 Å². The molecule has 0 fully saturated rings. The summed E-state index contributed by atoms with van der Waals surface area (Å²) in [5.41, 5.74) is 0. The molecule has 9 heteroatoms. The number of esters is 1. The molecular weight excluding hydrogens is 264 g/mol. The van der Waals surface area contributed by atoms with Crippen molar-refractivity contribution in [2.75, 3.05) is 26.8 Å². The Kier molecular flexibility index (Phi) is 7.29. The third kappa shape index (κ3) is 5.82. The predicted octanol–water partition coefficient (Wildman–Crippen LogP) is -0.138. The van der Waals surface area contributed by atoms with Crippen LogP contribution in [0.25, 0.3) is 0 Å². The Morgan fingerprint density at radius 1 is 1.28 bits per heavy atom. The Hall–Kier alpha value is -1.35. The average Bonchev–Trinajstić information content (AvgIpc) is 2.28. The number of nitrogens with zero attached hydrogens (tertiary/aromatic N) is 1. The molecule has 0 radical (unpaired) electrons. The molecule has 0 aromatic carbocycles. The van der Waals surface area contributed by atoms with Crippen LogP contribution < -0.4 is 4.72 Å². The second-order valence-corrected chi connectivity index (χ2v) is 4.82. The van der Waals surface area contributed by atoms with E-state index in [2.05, 4.69) is 9.47 Å². The lowest BCUT2D eigenvalue weighted by atomic mass is 10.4. The summed E-state index contributed by atoms with van der Waals surface area (Å²) >= 11 is 0. The molecule has 0 aromatic heterocycles. The Bertz CT molecular complexity index is 381. The minimum Gasteiger partial charge on any atom is -0.469 e. The van der Waals surface area contributed by atoms with Gasteiger partial charge in [0, 0.05) is 13.1 Å². The smallest absolute Gasteiger partial charge is 0.421 e. The number of rotatable bonds is 7. The number of ether oxygens (including phenoxy) is 2. The molecule has 0 aliphatic rings. The van der Waals surface area contributed by atoms with Crippen LogP contribution in [-0.4, -0.2) is 51.6 Å². The first-order valence-corrected chi connectivity index (χ1v) is 6.82. The Labute approximate surface area is 106 Å². The summed E-state index contributed by atoms with van der Waals surface area (Å²) in [5, 5.41) is 0. The van der Waals surface area contributed by atoms with E-state index < -0.39 is 22.3 Å². The maximum atomic E-state index is 11.7. The number of carbonyl (C=O) groups excluding carboxylic acids is 2. The van der Waals surface area contributed by atoms with Crippen molar-refractivity contribution in [3.63, 3.8) is 0 Å². The summed E-state index contributed by atoms with van der Waals surface area (Å²) in [6.07, 6.45) is -1.14. The maximum absolute atomic E-state index is 11.7. The van der Waals surface area contributed by atoms with Gasteiger partial charge in [-0.3, -0.25) is 4.79 Å². The summed E-state index contributed by atoms with van der Waals surface area (Å²) in [5.74, 6) is -0.528. The van der Waals surface area contributed by atoms with Gasteiger partial charge in [0.25, 0.3) is 0 Å². The normalized spacial score (nSPS) is 11.1. The van der Waals surface area contributed by atoms with Gasteiger partial charge in [0.05, 0.1) is 20.1 Å². The van der Waals surface area contributed by atoms with Gasteiger partial charge in [0.2, 0.25) is 0 Å². The molecule has 0 atom stereocenters.